The molecule has 5 heteroatoms. The molecule has 1 heterocycles. The lowest BCUT2D eigenvalue weighted by Gasteiger charge is -2.28. The van der Waals surface area contributed by atoms with Gasteiger partial charge in [0.1, 0.15) is 6.04 Å². The third-order valence-electron chi connectivity index (χ3n) is 2.73. The summed E-state index contributed by atoms with van der Waals surface area (Å²) in [7, 11) is 0. The van der Waals surface area contributed by atoms with Crippen LogP contribution in [0.1, 0.15) is 39.5 Å². The van der Waals surface area contributed by atoms with Gasteiger partial charge in [-0.05, 0) is 18.8 Å². The first kappa shape index (κ1) is 12.7. The first-order chi connectivity index (χ1) is 7.45. The van der Waals surface area contributed by atoms with Crippen molar-refractivity contribution < 1.29 is 19.5 Å². The molecule has 0 aromatic heterocycles. The van der Waals surface area contributed by atoms with Crippen LogP contribution in [-0.2, 0) is 14.4 Å². The lowest BCUT2D eigenvalue weighted by atomic mass is 10.0. The first-order valence-corrected chi connectivity index (χ1v) is 5.53. The smallest absolute Gasteiger partial charge is 0.327 e. The SMILES string of the molecule is CC(C)C(C(=O)O)N1C(=O)CCCCC1=O. The number of carboxylic acids is 1. The molecule has 1 aliphatic rings. The number of hydrogen-bond donors (Lipinski definition) is 1. The Balaban J connectivity index is 2.99. The van der Waals surface area contributed by atoms with Crippen molar-refractivity contribution in [1.29, 1.82) is 0 Å². The van der Waals surface area contributed by atoms with E-state index in [1.54, 1.807) is 13.8 Å². The minimum Gasteiger partial charge on any atom is -0.480 e. The molecule has 0 radical (unpaired) electrons. The zero-order valence-electron chi connectivity index (χ0n) is 9.60. The van der Waals surface area contributed by atoms with Gasteiger partial charge in [0.05, 0.1) is 0 Å². The summed E-state index contributed by atoms with van der Waals surface area (Å²) in [6.07, 6.45) is 1.85. The normalized spacial score (nSPS) is 19.8. The van der Waals surface area contributed by atoms with Crippen molar-refractivity contribution in [1.82, 2.24) is 4.90 Å². The highest BCUT2D eigenvalue weighted by atomic mass is 16.4. The third-order valence-corrected chi connectivity index (χ3v) is 2.73. The summed E-state index contributed by atoms with van der Waals surface area (Å²) in [5.41, 5.74) is 0. The number of carboxylic acid groups (broad SMARTS) is 1. The predicted molar refractivity (Wildman–Crippen MR) is 56.6 cm³/mol. The van der Waals surface area contributed by atoms with Crippen LogP contribution in [0.5, 0.6) is 0 Å². The van der Waals surface area contributed by atoms with Crippen molar-refractivity contribution in [2.24, 2.45) is 5.92 Å². The van der Waals surface area contributed by atoms with Gasteiger partial charge in [0.15, 0.2) is 0 Å². The number of carbonyl (C=O) groups is 3. The highest BCUT2D eigenvalue weighted by Crippen LogP contribution is 2.19. The molecule has 1 fully saturated rings. The minimum atomic E-state index is -1.11. The number of hydrogen-bond acceptors (Lipinski definition) is 3. The molecular formula is C11H17NO4. The van der Waals surface area contributed by atoms with Crippen LogP contribution in [0.2, 0.25) is 0 Å². The van der Waals surface area contributed by atoms with E-state index in [9.17, 15) is 14.4 Å². The summed E-state index contributed by atoms with van der Waals surface area (Å²) in [5, 5.41) is 9.08. The van der Waals surface area contributed by atoms with Gasteiger partial charge in [0.25, 0.3) is 0 Å². The van der Waals surface area contributed by atoms with Crippen molar-refractivity contribution in [2.75, 3.05) is 0 Å². The lowest BCUT2D eigenvalue weighted by molar-refractivity contribution is -0.159. The van der Waals surface area contributed by atoms with Crippen LogP contribution in [0.4, 0.5) is 0 Å². The number of aliphatic carboxylic acids is 1. The van der Waals surface area contributed by atoms with Crippen molar-refractivity contribution in [3.63, 3.8) is 0 Å². The summed E-state index contributed by atoms with van der Waals surface area (Å²) >= 11 is 0. The van der Waals surface area contributed by atoms with Gasteiger partial charge >= 0.3 is 5.97 Å². The van der Waals surface area contributed by atoms with Crippen LogP contribution in [0.15, 0.2) is 0 Å². The second-order valence-electron chi connectivity index (χ2n) is 4.39. The molecule has 0 spiro atoms. The molecule has 0 saturated carbocycles. The fourth-order valence-corrected chi connectivity index (χ4v) is 1.94. The summed E-state index contributed by atoms with van der Waals surface area (Å²) in [6, 6.07) is -1.03. The Bertz CT molecular complexity index is 293. The second-order valence-corrected chi connectivity index (χ2v) is 4.39. The van der Waals surface area contributed by atoms with Gasteiger partial charge in [-0.2, -0.15) is 0 Å². The fourth-order valence-electron chi connectivity index (χ4n) is 1.94. The quantitative estimate of drug-likeness (QED) is 0.730. The topological polar surface area (TPSA) is 74.7 Å². The van der Waals surface area contributed by atoms with Gasteiger partial charge in [0.2, 0.25) is 11.8 Å². The standard InChI is InChI=1S/C11H17NO4/c1-7(2)10(11(15)16)12-8(13)5-3-4-6-9(12)14/h7,10H,3-6H2,1-2H3,(H,15,16). The van der Waals surface area contributed by atoms with Gasteiger partial charge in [0, 0.05) is 12.8 Å². The molecular weight excluding hydrogens is 210 g/mol. The summed E-state index contributed by atoms with van der Waals surface area (Å²) in [5.74, 6) is -2.10. The molecule has 1 unspecified atom stereocenters. The molecule has 16 heavy (non-hydrogen) atoms. The number of likely N-dealkylation sites (tertiary alicyclic amines) is 1. The summed E-state index contributed by atoms with van der Waals surface area (Å²) < 4.78 is 0. The third kappa shape index (κ3) is 2.59. The van der Waals surface area contributed by atoms with Crippen molar-refractivity contribution in [2.45, 2.75) is 45.6 Å². The van der Waals surface area contributed by atoms with E-state index < -0.39 is 12.0 Å². The lowest BCUT2D eigenvalue weighted by Crippen LogP contribution is -2.50. The van der Waals surface area contributed by atoms with E-state index in [0.29, 0.717) is 12.8 Å². The average Bonchev–Trinajstić information content (AvgIpc) is 2.31. The summed E-state index contributed by atoms with van der Waals surface area (Å²) in [4.78, 5) is 35.5. The molecule has 1 N–H and O–H groups in total. The van der Waals surface area contributed by atoms with Crippen LogP contribution in [0.25, 0.3) is 0 Å². The van der Waals surface area contributed by atoms with Crippen molar-refractivity contribution in [3.8, 4) is 0 Å². The first-order valence-electron chi connectivity index (χ1n) is 5.53. The van der Waals surface area contributed by atoms with E-state index in [1.165, 1.54) is 0 Å². The maximum atomic E-state index is 11.7. The highest BCUT2D eigenvalue weighted by molar-refractivity contribution is 5.99. The average molecular weight is 227 g/mol. The number of nitrogens with zero attached hydrogens (tertiary/aromatic N) is 1. The summed E-state index contributed by atoms with van der Waals surface area (Å²) in [6.45, 7) is 3.40. The predicted octanol–water partition coefficient (Wildman–Crippen LogP) is 1.02. The fraction of sp³-hybridized carbons (Fsp3) is 0.727. The number of rotatable bonds is 3. The Morgan fingerprint density at radius 3 is 1.94 bits per heavy atom. The van der Waals surface area contributed by atoms with Crippen LogP contribution in [0.3, 0.4) is 0 Å². The van der Waals surface area contributed by atoms with Crippen LogP contribution in [-0.4, -0.2) is 33.8 Å². The minimum absolute atomic E-state index is 0.266. The Kier molecular flexibility index (Phi) is 4.04. The molecule has 0 aromatic carbocycles. The van der Waals surface area contributed by atoms with E-state index in [1.807, 2.05) is 0 Å². The molecule has 1 saturated heterocycles. The van der Waals surface area contributed by atoms with Gasteiger partial charge in [-0.25, -0.2) is 4.79 Å². The van der Waals surface area contributed by atoms with Gasteiger partial charge in [-0.1, -0.05) is 13.8 Å². The van der Waals surface area contributed by atoms with Gasteiger partial charge in [-0.15, -0.1) is 0 Å². The monoisotopic (exact) mass is 227 g/mol. The van der Waals surface area contributed by atoms with Crippen molar-refractivity contribution in [3.05, 3.63) is 0 Å². The Morgan fingerprint density at radius 2 is 1.62 bits per heavy atom. The van der Waals surface area contributed by atoms with E-state index in [-0.39, 0.29) is 30.6 Å². The number of imide groups is 1. The second kappa shape index (κ2) is 5.09. The Labute approximate surface area is 94.4 Å². The maximum absolute atomic E-state index is 11.7. The van der Waals surface area contributed by atoms with Gasteiger partial charge < -0.3 is 5.11 Å². The maximum Gasteiger partial charge on any atom is 0.327 e. The molecule has 0 bridgehead atoms. The molecule has 0 aromatic rings. The van der Waals surface area contributed by atoms with E-state index in [4.69, 9.17) is 5.11 Å². The Hall–Kier alpha value is -1.39. The highest BCUT2D eigenvalue weighted by Gasteiger charge is 2.37. The van der Waals surface area contributed by atoms with Crippen LogP contribution < -0.4 is 0 Å². The molecule has 90 valence electrons. The van der Waals surface area contributed by atoms with E-state index in [0.717, 1.165) is 4.90 Å². The molecule has 1 atom stereocenters. The van der Waals surface area contributed by atoms with E-state index >= 15 is 0 Å². The van der Waals surface area contributed by atoms with Crippen LogP contribution in [0, 0.1) is 5.92 Å². The molecule has 0 aliphatic carbocycles. The largest absolute Gasteiger partial charge is 0.480 e. The molecule has 1 rings (SSSR count). The molecule has 1 aliphatic heterocycles. The number of amides is 2. The van der Waals surface area contributed by atoms with Gasteiger partial charge in [-0.3, -0.25) is 14.5 Å². The van der Waals surface area contributed by atoms with E-state index in [2.05, 4.69) is 0 Å². The Morgan fingerprint density at radius 1 is 1.19 bits per heavy atom. The zero-order valence-corrected chi connectivity index (χ0v) is 9.60. The number of carbonyl (C=O) groups excluding carboxylic acids is 2. The zero-order chi connectivity index (χ0) is 12.3. The molecule has 2 amide bonds. The van der Waals surface area contributed by atoms with Crippen LogP contribution >= 0.6 is 0 Å². The van der Waals surface area contributed by atoms with Crippen molar-refractivity contribution >= 4 is 17.8 Å². The molecule has 5 nitrogen and oxygen atoms in total.